The third kappa shape index (κ3) is 4.29. The first kappa shape index (κ1) is 20.5. The van der Waals surface area contributed by atoms with Crippen molar-refractivity contribution in [3.05, 3.63) is 60.3 Å². The molecule has 0 fully saturated rings. The summed E-state index contributed by atoms with van der Waals surface area (Å²) in [5.41, 5.74) is -1.23. The van der Waals surface area contributed by atoms with Crippen molar-refractivity contribution >= 4 is 10.0 Å². The molecule has 7 nitrogen and oxygen atoms in total. The number of nitrogens with zero attached hydrogens (tertiary/aromatic N) is 2. The van der Waals surface area contributed by atoms with Gasteiger partial charge in [-0.2, -0.15) is 31.2 Å². The van der Waals surface area contributed by atoms with Gasteiger partial charge in [0.15, 0.2) is 5.69 Å². The highest BCUT2D eigenvalue weighted by Crippen LogP contribution is 2.37. The summed E-state index contributed by atoms with van der Waals surface area (Å²) < 4.78 is 75.2. The molecule has 0 saturated carbocycles. The maximum atomic E-state index is 13.2. The Balaban J connectivity index is 2.14. The molecule has 0 spiro atoms. The largest absolute Gasteiger partial charge is 0.497 e. The molecule has 3 rings (SSSR count). The minimum absolute atomic E-state index is 0.128. The molecular weight excluding hydrogens is 411 g/mol. The van der Waals surface area contributed by atoms with Crippen molar-refractivity contribution in [2.75, 3.05) is 19.1 Å². The van der Waals surface area contributed by atoms with Crippen LogP contribution in [0.1, 0.15) is 5.69 Å². The Morgan fingerprint density at radius 3 is 2.28 bits per heavy atom. The summed E-state index contributed by atoms with van der Waals surface area (Å²) in [6.45, 7) is 0. The molecule has 0 aliphatic heterocycles. The second-order valence-corrected chi connectivity index (χ2v) is 7.46. The van der Waals surface area contributed by atoms with E-state index in [1.165, 1.54) is 56.7 Å². The Labute approximate surface area is 164 Å². The van der Waals surface area contributed by atoms with E-state index in [-0.39, 0.29) is 21.9 Å². The predicted molar refractivity (Wildman–Crippen MR) is 98.8 cm³/mol. The van der Waals surface area contributed by atoms with E-state index < -0.39 is 21.9 Å². The van der Waals surface area contributed by atoms with E-state index in [4.69, 9.17) is 9.47 Å². The van der Waals surface area contributed by atoms with E-state index in [2.05, 4.69) is 9.93 Å². The van der Waals surface area contributed by atoms with Crippen molar-refractivity contribution in [3.8, 4) is 22.8 Å². The van der Waals surface area contributed by atoms with Crippen molar-refractivity contribution in [3.63, 3.8) is 0 Å². The lowest BCUT2D eigenvalue weighted by Gasteiger charge is -2.14. The molecule has 1 N–H and O–H groups in total. The fraction of sp³-hybridized carbons (Fsp3) is 0.167. The molecule has 29 heavy (non-hydrogen) atoms. The Morgan fingerprint density at radius 2 is 1.69 bits per heavy atom. The zero-order valence-corrected chi connectivity index (χ0v) is 16.1. The van der Waals surface area contributed by atoms with Gasteiger partial charge in [0.25, 0.3) is 10.0 Å². The van der Waals surface area contributed by atoms with Gasteiger partial charge in [-0.05, 0) is 30.3 Å². The van der Waals surface area contributed by atoms with Crippen molar-refractivity contribution in [2.45, 2.75) is 11.1 Å². The van der Waals surface area contributed by atoms with Crippen LogP contribution >= 0.6 is 0 Å². The molecule has 0 radical (unpaired) electrons. The second-order valence-electron chi connectivity index (χ2n) is 5.80. The highest BCUT2D eigenvalue weighted by molar-refractivity contribution is 7.92. The lowest BCUT2D eigenvalue weighted by Crippen LogP contribution is -2.25. The van der Waals surface area contributed by atoms with Gasteiger partial charge in [0.2, 0.25) is 0 Å². The first-order valence-electron chi connectivity index (χ1n) is 8.13. The van der Waals surface area contributed by atoms with E-state index in [0.717, 1.165) is 6.07 Å². The number of rotatable bonds is 6. The molecule has 0 unspecified atom stereocenters. The first-order valence-corrected chi connectivity index (χ1v) is 9.61. The quantitative estimate of drug-likeness (QED) is 0.651. The first-order chi connectivity index (χ1) is 13.7. The van der Waals surface area contributed by atoms with E-state index in [1.807, 2.05) is 0 Å². The number of hydrogen-bond acceptors (Lipinski definition) is 5. The van der Waals surface area contributed by atoms with Crippen LogP contribution in [0.3, 0.4) is 0 Å². The van der Waals surface area contributed by atoms with Crippen LogP contribution in [0, 0.1) is 0 Å². The van der Waals surface area contributed by atoms with Crippen LogP contribution < -0.4 is 14.3 Å². The van der Waals surface area contributed by atoms with Crippen molar-refractivity contribution < 1.29 is 31.1 Å². The third-order valence-corrected chi connectivity index (χ3v) is 5.25. The van der Waals surface area contributed by atoms with Gasteiger partial charge < -0.3 is 9.47 Å². The molecule has 1 heterocycles. The molecule has 0 bridgehead atoms. The minimum Gasteiger partial charge on any atom is -0.497 e. The van der Waals surface area contributed by atoms with Gasteiger partial charge in [0.05, 0.1) is 24.8 Å². The maximum Gasteiger partial charge on any atom is 0.435 e. The highest BCUT2D eigenvalue weighted by atomic mass is 32.2. The smallest absolute Gasteiger partial charge is 0.435 e. The Hall–Kier alpha value is -3.21. The zero-order valence-electron chi connectivity index (χ0n) is 15.3. The summed E-state index contributed by atoms with van der Waals surface area (Å²) in [6.07, 6.45) is -4.78. The number of methoxy groups -OCH3 is 2. The van der Waals surface area contributed by atoms with Crippen LogP contribution in [0.5, 0.6) is 11.5 Å². The normalized spacial score (nSPS) is 11.9. The summed E-state index contributed by atoms with van der Waals surface area (Å²) in [5.74, 6) is 0.593. The van der Waals surface area contributed by atoms with Gasteiger partial charge in [0.1, 0.15) is 11.5 Å². The number of alkyl halides is 3. The number of hydrogen-bond donors (Lipinski definition) is 1. The Morgan fingerprint density at radius 1 is 1.00 bits per heavy atom. The molecule has 11 heteroatoms. The summed E-state index contributed by atoms with van der Waals surface area (Å²) in [5, 5.41) is 3.40. The monoisotopic (exact) mass is 427 g/mol. The summed E-state index contributed by atoms with van der Waals surface area (Å²) in [6, 6.07) is 12.4. The van der Waals surface area contributed by atoms with E-state index >= 15 is 0 Å². The molecule has 0 aliphatic rings. The molecular formula is C18H16F3N3O4S. The van der Waals surface area contributed by atoms with Gasteiger partial charge in [0, 0.05) is 11.6 Å². The van der Waals surface area contributed by atoms with Crippen LogP contribution in [-0.4, -0.2) is 32.5 Å². The molecule has 3 aromatic rings. The molecule has 0 aliphatic carbocycles. The molecule has 154 valence electrons. The molecule has 2 aromatic carbocycles. The van der Waals surface area contributed by atoms with Gasteiger partial charge in [-0.1, -0.05) is 18.2 Å². The second kappa shape index (κ2) is 7.66. The lowest BCUT2D eigenvalue weighted by atomic mass is 10.1. The van der Waals surface area contributed by atoms with E-state index in [9.17, 15) is 21.6 Å². The predicted octanol–water partition coefficient (Wildman–Crippen LogP) is 3.52. The van der Waals surface area contributed by atoms with Crippen LogP contribution in [0.25, 0.3) is 11.3 Å². The van der Waals surface area contributed by atoms with Crippen molar-refractivity contribution in [1.82, 2.24) is 9.89 Å². The zero-order chi connectivity index (χ0) is 21.2. The van der Waals surface area contributed by atoms with Gasteiger partial charge in [-0.15, -0.1) is 5.10 Å². The standard InChI is InChI=1S/C18H16F3N3O4S/c1-27-12-8-9-14(16(10-12)28-2)15-11-17(18(19,20)21)22-24(15)23-29(25,26)13-6-4-3-5-7-13/h3-11,23H,1-2H3. The fourth-order valence-electron chi connectivity index (χ4n) is 2.56. The average Bonchev–Trinajstić information content (AvgIpc) is 3.11. The van der Waals surface area contributed by atoms with E-state index in [1.54, 1.807) is 6.07 Å². The molecule has 1 aromatic heterocycles. The Kier molecular flexibility index (Phi) is 5.42. The van der Waals surface area contributed by atoms with Crippen LogP contribution in [0.15, 0.2) is 59.5 Å². The average molecular weight is 427 g/mol. The van der Waals surface area contributed by atoms with Crippen LogP contribution in [0.2, 0.25) is 0 Å². The third-order valence-electron chi connectivity index (χ3n) is 3.94. The molecule has 0 amide bonds. The van der Waals surface area contributed by atoms with Crippen LogP contribution in [0.4, 0.5) is 13.2 Å². The number of nitrogens with one attached hydrogen (secondary N) is 1. The minimum atomic E-state index is -4.78. The number of sulfonamides is 1. The molecule has 0 atom stereocenters. The SMILES string of the molecule is COc1ccc(-c2cc(C(F)(F)F)nn2NS(=O)(=O)c2ccccc2)c(OC)c1. The molecule has 0 saturated heterocycles. The van der Waals surface area contributed by atoms with E-state index in [0.29, 0.717) is 10.5 Å². The number of aromatic nitrogens is 2. The van der Waals surface area contributed by atoms with Crippen LogP contribution in [-0.2, 0) is 16.2 Å². The van der Waals surface area contributed by atoms with Gasteiger partial charge >= 0.3 is 6.18 Å². The topological polar surface area (TPSA) is 82.5 Å². The summed E-state index contributed by atoms with van der Waals surface area (Å²) in [4.78, 5) is 2.50. The number of halogens is 3. The van der Waals surface area contributed by atoms with Crippen molar-refractivity contribution in [2.24, 2.45) is 0 Å². The number of benzene rings is 2. The maximum absolute atomic E-state index is 13.2. The number of ether oxygens (including phenoxy) is 2. The lowest BCUT2D eigenvalue weighted by molar-refractivity contribution is -0.141. The fourth-order valence-corrected chi connectivity index (χ4v) is 3.55. The van der Waals surface area contributed by atoms with Crippen molar-refractivity contribution in [1.29, 1.82) is 0 Å². The highest BCUT2D eigenvalue weighted by Gasteiger charge is 2.36. The van der Waals surface area contributed by atoms with Gasteiger partial charge in [-0.25, -0.2) is 0 Å². The van der Waals surface area contributed by atoms with Gasteiger partial charge in [-0.3, -0.25) is 0 Å². The summed E-state index contributed by atoms with van der Waals surface area (Å²) in [7, 11) is -1.43. The Bertz CT molecular complexity index is 1110. The summed E-state index contributed by atoms with van der Waals surface area (Å²) >= 11 is 0.